The van der Waals surface area contributed by atoms with Gasteiger partial charge in [0.15, 0.2) is 0 Å². The molecule has 4 heteroatoms. The predicted octanol–water partition coefficient (Wildman–Crippen LogP) is 4.71. The number of thioether (sulfide) groups is 1. The Morgan fingerprint density at radius 3 is 2.62 bits per heavy atom. The van der Waals surface area contributed by atoms with Crippen molar-refractivity contribution < 1.29 is 9.18 Å². The molecule has 24 heavy (non-hydrogen) atoms. The fourth-order valence-electron chi connectivity index (χ4n) is 3.18. The third-order valence-electron chi connectivity index (χ3n) is 4.43. The van der Waals surface area contributed by atoms with Crippen molar-refractivity contribution in [1.29, 1.82) is 0 Å². The molecule has 0 bridgehead atoms. The number of likely N-dealkylation sites (tertiary alicyclic amines) is 1. The lowest BCUT2D eigenvalue weighted by atomic mass is 9.98. The number of hydrogen-bond acceptors (Lipinski definition) is 2. The zero-order chi connectivity index (χ0) is 17.2. The van der Waals surface area contributed by atoms with E-state index in [1.165, 1.54) is 6.07 Å². The molecule has 1 aliphatic heterocycles. The second-order valence-electron chi connectivity index (χ2n) is 6.72. The molecular formula is C20H22FNOS. The van der Waals surface area contributed by atoms with E-state index in [0.717, 1.165) is 23.4 Å². The third-order valence-corrected chi connectivity index (χ3v) is 5.62. The lowest BCUT2D eigenvalue weighted by Crippen LogP contribution is -2.42. The third kappa shape index (κ3) is 3.81. The molecule has 1 atom stereocenters. The molecule has 1 fully saturated rings. The molecule has 1 heterocycles. The van der Waals surface area contributed by atoms with E-state index in [9.17, 15) is 9.18 Å². The van der Waals surface area contributed by atoms with Crippen LogP contribution in [-0.4, -0.2) is 28.6 Å². The number of carbonyl (C=O) groups is 1. The average Bonchev–Trinajstić information content (AvgIpc) is 3.04. The van der Waals surface area contributed by atoms with Gasteiger partial charge in [0.25, 0.3) is 0 Å². The molecule has 0 saturated carbocycles. The summed E-state index contributed by atoms with van der Waals surface area (Å²) in [4.78, 5) is 16.0. The molecule has 2 aromatic rings. The molecule has 1 aliphatic rings. The van der Waals surface area contributed by atoms with Gasteiger partial charge >= 0.3 is 0 Å². The molecule has 3 rings (SSSR count). The zero-order valence-electron chi connectivity index (χ0n) is 14.0. The topological polar surface area (TPSA) is 20.3 Å². The van der Waals surface area contributed by atoms with E-state index >= 15 is 0 Å². The van der Waals surface area contributed by atoms with Gasteiger partial charge in [-0.2, -0.15) is 0 Å². The number of nitrogens with zero attached hydrogens (tertiary/aromatic N) is 1. The Balaban J connectivity index is 1.67. The summed E-state index contributed by atoms with van der Waals surface area (Å²) in [6, 6.07) is 16.7. The minimum Gasteiger partial charge on any atom is -0.341 e. The summed E-state index contributed by atoms with van der Waals surface area (Å²) in [6.07, 6.45) is 0.890. The minimum absolute atomic E-state index is 0.148. The van der Waals surface area contributed by atoms with E-state index < -0.39 is 4.75 Å². The minimum atomic E-state index is -0.516. The van der Waals surface area contributed by atoms with Crippen molar-refractivity contribution in [3.05, 3.63) is 66.0 Å². The van der Waals surface area contributed by atoms with Crippen LogP contribution < -0.4 is 0 Å². The van der Waals surface area contributed by atoms with Gasteiger partial charge in [-0.3, -0.25) is 4.79 Å². The normalized spacial score (nSPS) is 18.0. The monoisotopic (exact) mass is 343 g/mol. The summed E-state index contributed by atoms with van der Waals surface area (Å²) in [6.45, 7) is 5.35. The summed E-state index contributed by atoms with van der Waals surface area (Å²) in [5.74, 6) is 0.162. The first kappa shape index (κ1) is 17.0. The molecule has 0 aliphatic carbocycles. The van der Waals surface area contributed by atoms with Gasteiger partial charge in [0.2, 0.25) is 5.91 Å². The van der Waals surface area contributed by atoms with E-state index in [-0.39, 0.29) is 17.6 Å². The fourth-order valence-corrected chi connectivity index (χ4v) is 4.28. The summed E-state index contributed by atoms with van der Waals surface area (Å²) >= 11 is 1.59. The Labute approximate surface area is 147 Å². The van der Waals surface area contributed by atoms with Crippen LogP contribution in [0.15, 0.2) is 59.5 Å². The quantitative estimate of drug-likeness (QED) is 0.749. The van der Waals surface area contributed by atoms with E-state index in [4.69, 9.17) is 0 Å². The summed E-state index contributed by atoms with van der Waals surface area (Å²) < 4.78 is 12.9. The Morgan fingerprint density at radius 2 is 1.92 bits per heavy atom. The maximum Gasteiger partial charge on any atom is 0.238 e. The van der Waals surface area contributed by atoms with E-state index in [1.807, 2.05) is 55.1 Å². The molecule has 1 amide bonds. The van der Waals surface area contributed by atoms with Crippen molar-refractivity contribution in [2.24, 2.45) is 0 Å². The molecule has 2 aromatic carbocycles. The van der Waals surface area contributed by atoms with Crippen LogP contribution in [0.1, 0.15) is 31.7 Å². The molecular weight excluding hydrogens is 321 g/mol. The second kappa shape index (κ2) is 6.98. The van der Waals surface area contributed by atoms with Gasteiger partial charge in [-0.05, 0) is 50.1 Å². The Kier molecular flexibility index (Phi) is 4.95. The smallest absolute Gasteiger partial charge is 0.238 e. The van der Waals surface area contributed by atoms with Crippen LogP contribution in [0.4, 0.5) is 4.39 Å². The van der Waals surface area contributed by atoms with Gasteiger partial charge in [0.1, 0.15) is 5.82 Å². The largest absolute Gasteiger partial charge is 0.341 e. The van der Waals surface area contributed by atoms with Gasteiger partial charge in [-0.15, -0.1) is 11.8 Å². The molecule has 126 valence electrons. The summed E-state index contributed by atoms with van der Waals surface area (Å²) in [7, 11) is 0. The standard InChI is InChI=1S/C20H22FNOS/c1-20(2,24-18-9-4-3-5-10-18)19(23)22-12-11-16(14-22)15-7-6-8-17(21)13-15/h3-10,13,16H,11-12,14H2,1-2H3. The van der Waals surface area contributed by atoms with Crippen LogP contribution in [0, 0.1) is 5.82 Å². The molecule has 0 radical (unpaired) electrons. The number of hydrogen-bond donors (Lipinski definition) is 0. The highest BCUT2D eigenvalue weighted by Crippen LogP contribution is 2.36. The molecule has 0 aromatic heterocycles. The second-order valence-corrected chi connectivity index (χ2v) is 8.41. The maximum atomic E-state index is 13.4. The molecule has 0 spiro atoms. The van der Waals surface area contributed by atoms with Crippen molar-refractivity contribution in [1.82, 2.24) is 4.90 Å². The molecule has 2 nitrogen and oxygen atoms in total. The highest BCUT2D eigenvalue weighted by atomic mass is 32.2. The van der Waals surface area contributed by atoms with E-state index in [2.05, 4.69) is 0 Å². The molecule has 0 N–H and O–H groups in total. The molecule has 1 unspecified atom stereocenters. The van der Waals surface area contributed by atoms with Crippen LogP contribution in [0.5, 0.6) is 0 Å². The van der Waals surface area contributed by atoms with Crippen molar-refractivity contribution >= 4 is 17.7 Å². The summed E-state index contributed by atoms with van der Waals surface area (Å²) in [5, 5.41) is 0. The van der Waals surface area contributed by atoms with Crippen LogP contribution in [0.2, 0.25) is 0 Å². The number of rotatable bonds is 4. The first-order valence-corrected chi connectivity index (χ1v) is 9.06. The number of amides is 1. The van der Waals surface area contributed by atoms with Crippen molar-refractivity contribution in [2.75, 3.05) is 13.1 Å². The Bertz CT molecular complexity index is 717. The van der Waals surface area contributed by atoms with Gasteiger partial charge in [0.05, 0.1) is 4.75 Å². The van der Waals surface area contributed by atoms with Gasteiger partial charge in [0, 0.05) is 23.9 Å². The van der Waals surface area contributed by atoms with Gasteiger partial charge in [-0.1, -0.05) is 30.3 Å². The number of halogens is 1. The maximum absolute atomic E-state index is 13.4. The van der Waals surface area contributed by atoms with Crippen molar-refractivity contribution in [2.45, 2.75) is 35.8 Å². The van der Waals surface area contributed by atoms with Crippen LogP contribution in [-0.2, 0) is 4.79 Å². The van der Waals surface area contributed by atoms with Crippen molar-refractivity contribution in [3.63, 3.8) is 0 Å². The van der Waals surface area contributed by atoms with E-state index in [1.54, 1.807) is 23.9 Å². The van der Waals surface area contributed by atoms with Gasteiger partial charge in [-0.25, -0.2) is 4.39 Å². The first-order valence-electron chi connectivity index (χ1n) is 8.24. The predicted molar refractivity (Wildman–Crippen MR) is 96.7 cm³/mol. The lowest BCUT2D eigenvalue weighted by Gasteiger charge is -2.29. The van der Waals surface area contributed by atoms with Crippen LogP contribution in [0.25, 0.3) is 0 Å². The number of carbonyl (C=O) groups excluding carboxylic acids is 1. The average molecular weight is 343 g/mol. The van der Waals surface area contributed by atoms with Crippen LogP contribution >= 0.6 is 11.8 Å². The fraction of sp³-hybridized carbons (Fsp3) is 0.350. The Morgan fingerprint density at radius 1 is 1.17 bits per heavy atom. The number of benzene rings is 2. The van der Waals surface area contributed by atoms with Gasteiger partial charge < -0.3 is 4.90 Å². The lowest BCUT2D eigenvalue weighted by molar-refractivity contribution is -0.131. The molecule has 1 saturated heterocycles. The zero-order valence-corrected chi connectivity index (χ0v) is 14.9. The highest BCUT2D eigenvalue weighted by Gasteiger charge is 2.37. The van der Waals surface area contributed by atoms with Crippen LogP contribution in [0.3, 0.4) is 0 Å². The highest BCUT2D eigenvalue weighted by molar-refractivity contribution is 8.01. The van der Waals surface area contributed by atoms with Crippen molar-refractivity contribution in [3.8, 4) is 0 Å². The summed E-state index contributed by atoms with van der Waals surface area (Å²) in [5.41, 5.74) is 0.985. The Hall–Kier alpha value is -1.81. The van der Waals surface area contributed by atoms with E-state index in [0.29, 0.717) is 6.54 Å². The SMILES string of the molecule is CC(C)(Sc1ccccc1)C(=O)N1CCC(c2cccc(F)c2)C1. The first-order chi connectivity index (χ1) is 11.5.